The van der Waals surface area contributed by atoms with Crippen LogP contribution in [0.25, 0.3) is 0 Å². The Morgan fingerprint density at radius 2 is 2.43 bits per heavy atom. The molecule has 0 bridgehead atoms. The first-order valence-electron chi connectivity index (χ1n) is 4.00. The largest absolute Gasteiger partial charge is 0.468 e. The van der Waals surface area contributed by atoms with Gasteiger partial charge in [-0.25, -0.2) is 9.98 Å². The molecule has 0 spiro atoms. The molecule has 0 aromatic carbocycles. The Morgan fingerprint density at radius 3 is 3.14 bits per heavy atom. The molecule has 2 heterocycles. The van der Waals surface area contributed by atoms with E-state index in [4.69, 9.17) is 4.74 Å². The van der Waals surface area contributed by atoms with E-state index in [2.05, 4.69) is 32.6 Å². The minimum Gasteiger partial charge on any atom is -0.468 e. The van der Waals surface area contributed by atoms with Crippen LogP contribution in [-0.2, 0) is 9.53 Å². The first kappa shape index (κ1) is 9.57. The second kappa shape index (κ2) is 3.64. The molecule has 14 heavy (non-hydrogen) atoms. The number of esters is 1. The summed E-state index contributed by atoms with van der Waals surface area (Å²) >= 11 is 2.14. The molecule has 2 aliphatic heterocycles. The molecule has 0 radical (unpaired) electrons. The Balaban J connectivity index is 2.40. The van der Waals surface area contributed by atoms with Crippen LogP contribution in [-0.4, -0.2) is 25.1 Å². The maximum atomic E-state index is 11.4. The average Bonchev–Trinajstić information content (AvgIpc) is 2.59. The minimum atomic E-state index is -0.359. The Bertz CT molecular complexity index is 407. The van der Waals surface area contributed by atoms with Crippen molar-refractivity contribution in [3.8, 4) is 0 Å². The first-order valence-corrected chi connectivity index (χ1v) is 5.08. The number of hydrogen-bond acceptors (Lipinski definition) is 4. The molecule has 72 valence electrons. The Kier molecular flexibility index (Phi) is 2.49. The van der Waals surface area contributed by atoms with Crippen molar-refractivity contribution >= 4 is 40.6 Å². The van der Waals surface area contributed by atoms with Crippen molar-refractivity contribution in [1.29, 1.82) is 0 Å². The molecule has 0 aromatic rings. The molecule has 0 amide bonds. The minimum absolute atomic E-state index is 0.275. The van der Waals surface area contributed by atoms with Gasteiger partial charge in [0, 0.05) is 21.6 Å². The van der Waals surface area contributed by atoms with E-state index in [1.165, 1.54) is 7.11 Å². The summed E-state index contributed by atoms with van der Waals surface area (Å²) in [6.45, 7) is 0. The van der Waals surface area contributed by atoms with Gasteiger partial charge < -0.3 is 4.74 Å². The predicted octanol–water partition coefficient (Wildman–Crippen LogP) is 1.47. The third-order valence-electron chi connectivity index (χ3n) is 2.04. The maximum Gasteiger partial charge on any atom is 0.317 e. The molecule has 2 aliphatic rings. The van der Waals surface area contributed by atoms with E-state index in [1.54, 1.807) is 18.5 Å². The van der Waals surface area contributed by atoms with Crippen molar-refractivity contribution in [2.45, 2.75) is 0 Å². The summed E-state index contributed by atoms with van der Waals surface area (Å²) in [5.74, 6) is -0.0162. The van der Waals surface area contributed by atoms with Crippen molar-refractivity contribution in [1.82, 2.24) is 0 Å². The number of nitrogens with zero attached hydrogens (tertiary/aromatic N) is 2. The highest BCUT2D eigenvalue weighted by atomic mass is 127. The van der Waals surface area contributed by atoms with Gasteiger partial charge >= 0.3 is 5.97 Å². The normalized spacial score (nSPS) is 23.6. The number of aliphatic imine (C=N–C) groups is 2. The topological polar surface area (TPSA) is 51.0 Å². The zero-order chi connectivity index (χ0) is 10.1. The van der Waals surface area contributed by atoms with E-state index < -0.39 is 0 Å². The second-order valence-corrected chi connectivity index (χ2v) is 3.98. The van der Waals surface area contributed by atoms with Crippen LogP contribution in [0, 0.1) is 5.92 Å². The van der Waals surface area contributed by atoms with Gasteiger partial charge in [-0.1, -0.05) is 0 Å². The smallest absolute Gasteiger partial charge is 0.317 e. The van der Waals surface area contributed by atoms with E-state index in [0.717, 1.165) is 9.15 Å². The molecule has 0 N–H and O–H groups in total. The highest BCUT2D eigenvalue weighted by Gasteiger charge is 2.31. The monoisotopic (exact) mass is 302 g/mol. The van der Waals surface area contributed by atoms with E-state index in [0.29, 0.717) is 5.84 Å². The lowest BCUT2D eigenvalue weighted by Gasteiger charge is -2.14. The Morgan fingerprint density at radius 1 is 1.64 bits per heavy atom. The zero-order valence-electron chi connectivity index (χ0n) is 7.40. The van der Waals surface area contributed by atoms with Crippen LogP contribution < -0.4 is 0 Å². The van der Waals surface area contributed by atoms with Crippen LogP contribution in [0.15, 0.2) is 31.4 Å². The molecule has 0 saturated heterocycles. The van der Waals surface area contributed by atoms with Crippen molar-refractivity contribution in [2.24, 2.45) is 15.9 Å². The molecule has 2 rings (SSSR count). The van der Waals surface area contributed by atoms with Crippen LogP contribution in [0.3, 0.4) is 0 Å². The van der Waals surface area contributed by atoms with Crippen LogP contribution in [0.5, 0.6) is 0 Å². The number of allylic oxidation sites excluding steroid dienone is 1. The number of methoxy groups -OCH3 is 1. The lowest BCUT2D eigenvalue weighted by Crippen LogP contribution is -2.21. The zero-order valence-corrected chi connectivity index (χ0v) is 9.56. The third kappa shape index (κ3) is 1.41. The lowest BCUT2D eigenvalue weighted by atomic mass is 9.97. The molecule has 1 atom stereocenters. The van der Waals surface area contributed by atoms with Crippen molar-refractivity contribution < 1.29 is 9.53 Å². The number of rotatable bonds is 1. The van der Waals surface area contributed by atoms with Crippen LogP contribution in [0.4, 0.5) is 0 Å². The quantitative estimate of drug-likeness (QED) is 0.544. The molecular formula is C9H7IN2O2. The number of carbonyl (C=O) groups is 1. The standard InChI is InChI=1S/C9H7IN2O2/c1-14-9(13)5-2-3-11-8-7(5)6(10)4-12-8/h2-5H,1H3/t5-/m1/s1. The van der Waals surface area contributed by atoms with Gasteiger partial charge in [-0.3, -0.25) is 4.79 Å². The van der Waals surface area contributed by atoms with E-state index in [9.17, 15) is 4.79 Å². The van der Waals surface area contributed by atoms with Gasteiger partial charge in [0.25, 0.3) is 0 Å². The van der Waals surface area contributed by atoms with E-state index in [1.807, 2.05) is 0 Å². The lowest BCUT2D eigenvalue weighted by molar-refractivity contribution is -0.142. The molecule has 0 unspecified atom stereocenters. The van der Waals surface area contributed by atoms with E-state index in [-0.39, 0.29) is 11.9 Å². The number of carbonyl (C=O) groups excluding carboxylic acids is 1. The summed E-state index contributed by atoms with van der Waals surface area (Å²) in [5.41, 5.74) is 0.847. The predicted molar refractivity (Wildman–Crippen MR) is 61.6 cm³/mol. The van der Waals surface area contributed by atoms with Gasteiger partial charge in [0.15, 0.2) is 5.84 Å². The number of ether oxygens (including phenoxy) is 1. The summed E-state index contributed by atoms with van der Waals surface area (Å²) in [6, 6.07) is 0. The van der Waals surface area contributed by atoms with Crippen molar-refractivity contribution in [3.63, 3.8) is 0 Å². The summed E-state index contributed by atoms with van der Waals surface area (Å²) in [5, 5.41) is 0. The maximum absolute atomic E-state index is 11.4. The summed E-state index contributed by atoms with van der Waals surface area (Å²) in [6.07, 6.45) is 5.02. The molecule has 5 heteroatoms. The average molecular weight is 302 g/mol. The number of hydrogen-bond donors (Lipinski definition) is 0. The molecule has 0 aromatic heterocycles. The fourth-order valence-electron chi connectivity index (χ4n) is 1.37. The molecule has 0 aliphatic carbocycles. The molecular weight excluding hydrogens is 295 g/mol. The van der Waals surface area contributed by atoms with Crippen molar-refractivity contribution in [3.05, 3.63) is 21.4 Å². The fourth-order valence-corrected chi connectivity index (χ4v) is 2.09. The number of halogens is 1. The SMILES string of the molecule is COC(=O)[C@@H]1C=CN=C2N=CC(I)=C21. The van der Waals surface area contributed by atoms with Crippen LogP contribution in [0.1, 0.15) is 0 Å². The number of amidine groups is 1. The fraction of sp³-hybridized carbons (Fsp3) is 0.222. The highest BCUT2D eigenvalue weighted by Crippen LogP contribution is 2.30. The van der Waals surface area contributed by atoms with Gasteiger partial charge in [0.05, 0.1) is 7.11 Å². The van der Waals surface area contributed by atoms with Gasteiger partial charge in [-0.05, 0) is 28.7 Å². The Labute approximate surface area is 94.6 Å². The summed E-state index contributed by atoms with van der Waals surface area (Å²) < 4.78 is 5.65. The second-order valence-electron chi connectivity index (χ2n) is 2.81. The van der Waals surface area contributed by atoms with Crippen molar-refractivity contribution in [2.75, 3.05) is 7.11 Å². The van der Waals surface area contributed by atoms with Crippen LogP contribution in [0.2, 0.25) is 0 Å². The molecule has 4 nitrogen and oxygen atoms in total. The number of fused-ring (bicyclic) bond motifs is 1. The van der Waals surface area contributed by atoms with E-state index >= 15 is 0 Å². The Hall–Kier alpha value is -0.980. The van der Waals surface area contributed by atoms with Gasteiger partial charge in [-0.2, -0.15) is 0 Å². The molecule has 0 saturated carbocycles. The molecule has 0 fully saturated rings. The summed E-state index contributed by atoms with van der Waals surface area (Å²) in [7, 11) is 1.38. The van der Waals surface area contributed by atoms with Gasteiger partial charge in [0.1, 0.15) is 5.92 Å². The first-order chi connectivity index (χ1) is 6.74. The summed E-state index contributed by atoms with van der Waals surface area (Å²) in [4.78, 5) is 19.6. The third-order valence-corrected chi connectivity index (χ3v) is 2.90. The van der Waals surface area contributed by atoms with Crippen LogP contribution >= 0.6 is 22.6 Å². The van der Waals surface area contributed by atoms with Gasteiger partial charge in [-0.15, -0.1) is 0 Å². The van der Waals surface area contributed by atoms with Gasteiger partial charge in [0.2, 0.25) is 0 Å². The highest BCUT2D eigenvalue weighted by molar-refractivity contribution is 14.1.